The van der Waals surface area contributed by atoms with E-state index in [-0.39, 0.29) is 36.5 Å². The highest BCUT2D eigenvalue weighted by molar-refractivity contribution is 5.95. The smallest absolute Gasteiger partial charge is 0.322 e. The lowest BCUT2D eigenvalue weighted by Crippen LogP contribution is -2.38. The molecule has 0 saturated heterocycles. The van der Waals surface area contributed by atoms with Crippen molar-refractivity contribution in [3.63, 3.8) is 0 Å². The molecule has 0 unspecified atom stereocenters. The first-order valence-electron chi connectivity index (χ1n) is 17.7. The van der Waals surface area contributed by atoms with Crippen molar-refractivity contribution < 1.29 is 34.1 Å². The minimum absolute atomic E-state index is 0.0780. The molecule has 2 aromatic rings. The van der Waals surface area contributed by atoms with Crippen LogP contribution in [0.4, 0.5) is 0 Å². The topological polar surface area (TPSA) is 184 Å². The molecule has 1 fully saturated rings. The maximum absolute atomic E-state index is 12.1. The van der Waals surface area contributed by atoms with E-state index in [4.69, 9.17) is 14.9 Å². The van der Waals surface area contributed by atoms with Gasteiger partial charge in [-0.3, -0.25) is 34.7 Å². The molecular weight excluding hydrogens is 652 g/mol. The number of hydrogen-bond donors (Lipinski definition) is 6. The Hall–Kier alpha value is -4.43. The summed E-state index contributed by atoms with van der Waals surface area (Å²) in [5.74, 6) is -2.18. The van der Waals surface area contributed by atoms with Crippen LogP contribution in [0.15, 0.2) is 73.4 Å². The number of ether oxygens (including phenoxy) is 1. The van der Waals surface area contributed by atoms with Crippen molar-refractivity contribution in [1.82, 2.24) is 31.3 Å². The summed E-state index contributed by atoms with van der Waals surface area (Å²) in [7, 11) is 1.90. The van der Waals surface area contributed by atoms with Crippen LogP contribution in [0.3, 0.4) is 0 Å². The van der Waals surface area contributed by atoms with Crippen molar-refractivity contribution >= 4 is 24.1 Å². The van der Waals surface area contributed by atoms with E-state index in [0.717, 1.165) is 68.5 Å². The van der Waals surface area contributed by atoms with E-state index in [2.05, 4.69) is 51.4 Å². The second kappa shape index (κ2) is 30.4. The van der Waals surface area contributed by atoms with Crippen molar-refractivity contribution in [2.45, 2.75) is 89.8 Å². The molecule has 1 aromatic heterocycles. The summed E-state index contributed by atoms with van der Waals surface area (Å²) < 4.78 is 6.72. The minimum Gasteiger partial charge on any atom is -0.480 e. The second-order valence-electron chi connectivity index (χ2n) is 11.7. The number of rotatable bonds is 22. The molecule has 1 saturated carbocycles. The van der Waals surface area contributed by atoms with Gasteiger partial charge in [-0.1, -0.05) is 99.4 Å². The predicted molar refractivity (Wildman–Crippen MR) is 199 cm³/mol. The third-order valence-corrected chi connectivity index (χ3v) is 7.51. The zero-order valence-electron chi connectivity index (χ0n) is 30.1. The average molecular weight is 711 g/mol. The van der Waals surface area contributed by atoms with Gasteiger partial charge >= 0.3 is 5.97 Å². The van der Waals surface area contributed by atoms with Gasteiger partial charge in [-0.2, -0.15) is 5.10 Å². The average Bonchev–Trinajstić information content (AvgIpc) is 3.56. The van der Waals surface area contributed by atoms with E-state index < -0.39 is 18.4 Å². The van der Waals surface area contributed by atoms with Gasteiger partial charge in [0.2, 0.25) is 5.91 Å². The first-order valence-corrected chi connectivity index (χ1v) is 17.7. The Morgan fingerprint density at radius 2 is 1.76 bits per heavy atom. The summed E-state index contributed by atoms with van der Waals surface area (Å²) in [4.78, 5) is 45.4. The summed E-state index contributed by atoms with van der Waals surface area (Å²) in [6.07, 6.45) is 22.8. The van der Waals surface area contributed by atoms with Crippen LogP contribution in [-0.2, 0) is 27.5 Å². The Kier molecular flexibility index (Phi) is 26.6. The first kappa shape index (κ1) is 44.6. The predicted octanol–water partition coefficient (Wildman–Crippen LogP) is 4.50. The molecule has 0 aliphatic heterocycles. The van der Waals surface area contributed by atoms with Gasteiger partial charge in [-0.15, -0.1) is 0 Å². The van der Waals surface area contributed by atoms with E-state index >= 15 is 0 Å². The van der Waals surface area contributed by atoms with E-state index in [1.807, 2.05) is 43.5 Å². The number of hydrazine groups is 1. The molecule has 2 amide bonds. The maximum atomic E-state index is 12.1. The molecule has 282 valence electrons. The first-order chi connectivity index (χ1) is 24.8. The van der Waals surface area contributed by atoms with E-state index in [9.17, 15) is 19.2 Å². The van der Waals surface area contributed by atoms with Crippen LogP contribution in [0.5, 0.6) is 0 Å². The minimum atomic E-state index is -1.19. The third kappa shape index (κ3) is 23.6. The Labute approximate surface area is 302 Å². The molecule has 6 N–H and O–H groups in total. The van der Waals surface area contributed by atoms with Gasteiger partial charge in [0.1, 0.15) is 18.8 Å². The highest BCUT2D eigenvalue weighted by Crippen LogP contribution is 2.17. The summed E-state index contributed by atoms with van der Waals surface area (Å²) in [5, 5.41) is 26.0. The summed E-state index contributed by atoms with van der Waals surface area (Å²) >= 11 is 0. The number of nitrogens with zero attached hydrogens (tertiary/aromatic N) is 2. The molecule has 1 heterocycles. The normalized spacial score (nSPS) is 12.7. The van der Waals surface area contributed by atoms with E-state index in [0.29, 0.717) is 6.29 Å². The van der Waals surface area contributed by atoms with Gasteiger partial charge in [0, 0.05) is 19.2 Å². The SMILES string of the molecule is C=C/C=C\C/C=C\CCOCCCCCCNNC.O=Cc1cc(C(=O)NCC(=O)O)nn1CC(=O)NC1CCCCC1.OCc1ccccc1. The number of aliphatic carboxylic acids is 1. The standard InChI is InChI=1S/C16H30N2O.C15H20N4O5.C7H8O/c1-3-4-5-6-7-9-12-15-19-16-13-10-8-11-14-18-17-2;20-9-11-6-12(15(24)16-7-14(22)23)18-19(11)8-13(21)17-10-4-2-1-3-5-10;8-6-7-4-2-1-3-5-7/h3-5,7,9,17-18H,1,6,8,10-16H2,2H3;6,9-10H,1-5,7-8H2,(H,16,24)(H,17,21)(H,22,23);1-5,8H,6H2/b5-4-,9-7-;;. The molecule has 0 spiro atoms. The molecular formula is C38H58N6O7. The van der Waals surface area contributed by atoms with Crippen LogP contribution >= 0.6 is 0 Å². The number of unbranched alkanes of at least 4 members (excludes halogenated alkanes) is 3. The molecule has 3 rings (SSSR count). The number of amides is 2. The van der Waals surface area contributed by atoms with Gasteiger partial charge in [-0.25, -0.2) is 0 Å². The molecule has 1 aliphatic rings. The molecule has 13 heteroatoms. The van der Waals surface area contributed by atoms with E-state index in [1.54, 1.807) is 6.08 Å². The van der Waals surface area contributed by atoms with Gasteiger partial charge in [0.25, 0.3) is 5.91 Å². The number of nitrogens with one attached hydrogen (secondary N) is 4. The molecule has 1 aliphatic carbocycles. The Morgan fingerprint density at radius 1 is 1.02 bits per heavy atom. The van der Waals surface area contributed by atoms with Gasteiger partial charge in [-0.05, 0) is 57.2 Å². The lowest BCUT2D eigenvalue weighted by atomic mass is 9.95. The molecule has 51 heavy (non-hydrogen) atoms. The highest BCUT2D eigenvalue weighted by Gasteiger charge is 2.19. The molecule has 0 atom stereocenters. The number of carboxylic acids is 1. The maximum Gasteiger partial charge on any atom is 0.322 e. The quantitative estimate of drug-likeness (QED) is 0.0334. The zero-order valence-corrected chi connectivity index (χ0v) is 30.1. The van der Waals surface area contributed by atoms with Crippen LogP contribution in [0.1, 0.15) is 97.2 Å². The fourth-order valence-electron chi connectivity index (χ4n) is 4.87. The Morgan fingerprint density at radius 3 is 2.41 bits per heavy atom. The number of benzene rings is 1. The van der Waals surface area contributed by atoms with Gasteiger partial charge in [0.05, 0.1) is 13.2 Å². The second-order valence-corrected chi connectivity index (χ2v) is 11.7. The van der Waals surface area contributed by atoms with E-state index in [1.165, 1.54) is 38.2 Å². The van der Waals surface area contributed by atoms with Crippen LogP contribution in [0.2, 0.25) is 0 Å². The fourth-order valence-corrected chi connectivity index (χ4v) is 4.87. The fraction of sp³-hybridized carbons (Fsp3) is 0.500. The molecule has 0 bridgehead atoms. The van der Waals surface area contributed by atoms with Crippen molar-refractivity contribution in [2.75, 3.05) is 33.4 Å². The highest BCUT2D eigenvalue weighted by atomic mass is 16.5. The number of carbonyl (C=O) groups is 4. The largest absolute Gasteiger partial charge is 0.480 e. The third-order valence-electron chi connectivity index (χ3n) is 7.51. The van der Waals surface area contributed by atoms with Crippen molar-refractivity contribution in [3.8, 4) is 0 Å². The van der Waals surface area contributed by atoms with Crippen molar-refractivity contribution in [3.05, 3.63) is 90.3 Å². The summed E-state index contributed by atoms with van der Waals surface area (Å²) in [6.45, 7) is 5.82. The van der Waals surface area contributed by atoms with Crippen molar-refractivity contribution in [2.24, 2.45) is 0 Å². The number of aliphatic hydroxyl groups is 1. The number of hydrogen-bond acceptors (Lipinski definition) is 9. The number of aldehydes is 1. The number of aliphatic hydroxyl groups excluding tert-OH is 1. The molecule has 0 radical (unpaired) electrons. The number of carbonyl (C=O) groups excluding carboxylic acids is 3. The lowest BCUT2D eigenvalue weighted by Gasteiger charge is -2.22. The van der Waals surface area contributed by atoms with Crippen LogP contribution < -0.4 is 21.5 Å². The number of carboxylic acid groups (broad SMARTS) is 1. The summed E-state index contributed by atoms with van der Waals surface area (Å²) in [6, 6.07) is 10.9. The van der Waals surface area contributed by atoms with Crippen LogP contribution in [-0.4, -0.2) is 83.5 Å². The summed E-state index contributed by atoms with van der Waals surface area (Å²) in [5.41, 5.74) is 6.95. The van der Waals surface area contributed by atoms with Crippen LogP contribution in [0.25, 0.3) is 0 Å². The van der Waals surface area contributed by atoms with Crippen molar-refractivity contribution in [1.29, 1.82) is 0 Å². The number of aromatic nitrogens is 2. The Balaban J connectivity index is 0.000000427. The number of allylic oxidation sites excluding steroid dienone is 4. The monoisotopic (exact) mass is 710 g/mol. The van der Waals surface area contributed by atoms with Gasteiger partial charge in [0.15, 0.2) is 12.0 Å². The molecule has 1 aromatic carbocycles. The lowest BCUT2D eigenvalue weighted by molar-refractivity contribution is -0.135. The van der Waals surface area contributed by atoms with Gasteiger partial charge < -0.3 is 25.6 Å². The Bertz CT molecular complexity index is 1310. The van der Waals surface area contributed by atoms with Crippen LogP contribution in [0, 0.1) is 0 Å². The zero-order chi connectivity index (χ0) is 37.4. The molecule has 13 nitrogen and oxygen atoms in total.